The highest BCUT2D eigenvalue weighted by atomic mass is 16.3. The minimum absolute atomic E-state index is 0.135. The molecule has 3 aliphatic rings. The molecule has 2 aliphatic carbocycles. The molecule has 3 heteroatoms. The Kier molecular flexibility index (Phi) is 3.89. The van der Waals surface area contributed by atoms with Gasteiger partial charge in [-0.3, -0.25) is 0 Å². The van der Waals surface area contributed by atoms with Gasteiger partial charge in [-0.25, -0.2) is 0 Å². The van der Waals surface area contributed by atoms with Gasteiger partial charge in [0.15, 0.2) is 0 Å². The number of nitrogens with zero attached hydrogens (tertiary/aromatic N) is 1. The fourth-order valence-corrected chi connectivity index (χ4v) is 5.00. The molecule has 1 aliphatic heterocycles. The summed E-state index contributed by atoms with van der Waals surface area (Å²) >= 11 is 0. The zero-order valence-electron chi connectivity index (χ0n) is 12.4. The predicted molar refractivity (Wildman–Crippen MR) is 77.7 cm³/mol. The molecule has 1 heterocycles. The summed E-state index contributed by atoms with van der Waals surface area (Å²) in [6.45, 7) is 4.49. The summed E-state index contributed by atoms with van der Waals surface area (Å²) in [5.74, 6) is 0.440. The van der Waals surface area contributed by atoms with Crippen LogP contribution in [0.15, 0.2) is 0 Å². The quantitative estimate of drug-likeness (QED) is 0.766. The maximum Gasteiger partial charge on any atom is 0.0944 e. The minimum Gasteiger partial charge on any atom is -0.393 e. The number of hydrogen-bond acceptors (Lipinski definition) is 2. The van der Waals surface area contributed by atoms with Gasteiger partial charge in [0.1, 0.15) is 0 Å². The second-order valence-corrected chi connectivity index (χ2v) is 7.37. The largest absolute Gasteiger partial charge is 0.393 e. The van der Waals surface area contributed by atoms with E-state index in [0.717, 1.165) is 24.9 Å². The monoisotopic (exact) mass is 267 g/mol. The van der Waals surface area contributed by atoms with Gasteiger partial charge in [-0.1, -0.05) is 6.92 Å². The van der Waals surface area contributed by atoms with Crippen molar-refractivity contribution < 1.29 is 9.59 Å². The van der Waals surface area contributed by atoms with Gasteiger partial charge in [-0.2, -0.15) is 0 Å². The molecule has 3 fully saturated rings. The lowest BCUT2D eigenvalue weighted by molar-refractivity contribution is -0.968. The maximum atomic E-state index is 10.3. The van der Waals surface area contributed by atoms with Crippen LogP contribution >= 0.6 is 0 Å². The lowest BCUT2D eigenvalue weighted by Crippen LogP contribution is -2.66. The summed E-state index contributed by atoms with van der Waals surface area (Å²) in [5, 5.41) is 10.3. The third kappa shape index (κ3) is 2.57. The van der Waals surface area contributed by atoms with Crippen LogP contribution in [-0.2, 0) is 0 Å². The normalized spacial score (nSPS) is 42.5. The van der Waals surface area contributed by atoms with E-state index in [2.05, 4.69) is 6.92 Å². The van der Waals surface area contributed by atoms with Gasteiger partial charge in [0, 0.05) is 18.8 Å². The Balaban J connectivity index is 1.81. The number of nitrogens with two attached hydrogens (primary N) is 1. The van der Waals surface area contributed by atoms with Crippen molar-refractivity contribution in [3.8, 4) is 0 Å². The molecule has 110 valence electrons. The number of likely N-dealkylation sites (tertiary alicyclic amines) is 1. The molecular weight excluding hydrogens is 236 g/mol. The number of hydrogen-bond donors (Lipinski definition) is 2. The van der Waals surface area contributed by atoms with Gasteiger partial charge in [0.2, 0.25) is 0 Å². The Bertz CT molecular complexity index is 312. The van der Waals surface area contributed by atoms with Crippen LogP contribution in [0.1, 0.15) is 58.3 Å². The molecule has 3 N–H and O–H groups in total. The molecular formula is C16H31N2O+. The van der Waals surface area contributed by atoms with E-state index in [1.54, 1.807) is 0 Å². The number of quaternary nitrogens is 1. The first-order valence-corrected chi connectivity index (χ1v) is 8.46. The van der Waals surface area contributed by atoms with Crippen LogP contribution in [0.25, 0.3) is 0 Å². The van der Waals surface area contributed by atoms with Gasteiger partial charge in [0.05, 0.1) is 37.3 Å². The topological polar surface area (TPSA) is 46.2 Å². The third-order valence-electron chi connectivity index (χ3n) is 6.04. The molecule has 0 aromatic carbocycles. The zero-order chi connectivity index (χ0) is 13.5. The predicted octanol–water partition coefficient (Wildman–Crippen LogP) is 2.03. The first-order valence-electron chi connectivity index (χ1n) is 8.46. The number of rotatable bonds is 4. The van der Waals surface area contributed by atoms with Gasteiger partial charge in [0.25, 0.3) is 0 Å². The fraction of sp³-hybridized carbons (Fsp3) is 1.00. The molecule has 4 atom stereocenters. The zero-order valence-corrected chi connectivity index (χ0v) is 12.4. The van der Waals surface area contributed by atoms with Crippen LogP contribution < -0.4 is 5.73 Å². The Morgan fingerprint density at radius 3 is 2.32 bits per heavy atom. The van der Waals surface area contributed by atoms with Gasteiger partial charge in [-0.05, 0) is 38.5 Å². The van der Waals surface area contributed by atoms with Crippen molar-refractivity contribution in [1.82, 2.24) is 0 Å². The summed E-state index contributed by atoms with van der Waals surface area (Å²) in [6, 6.07) is 2.03. The van der Waals surface area contributed by atoms with Crippen molar-refractivity contribution in [2.45, 2.75) is 82.5 Å². The van der Waals surface area contributed by atoms with Gasteiger partial charge >= 0.3 is 0 Å². The lowest BCUT2D eigenvalue weighted by atomic mass is 9.85. The Labute approximate surface area is 117 Å². The standard InChI is InChI=1S/C16H31N2O/c1-2-16(19)12-9-13(17)11-18(10-12,15-7-8-15)14-5-3-4-6-14/h12-16,19H,2-11,17H2,1H3/q+1. The summed E-state index contributed by atoms with van der Waals surface area (Å²) in [4.78, 5) is 0. The molecule has 3 nitrogen and oxygen atoms in total. The third-order valence-corrected chi connectivity index (χ3v) is 6.04. The van der Waals surface area contributed by atoms with E-state index in [9.17, 15) is 5.11 Å². The molecule has 1 saturated heterocycles. The van der Waals surface area contributed by atoms with Crippen molar-refractivity contribution >= 4 is 0 Å². The molecule has 4 unspecified atom stereocenters. The summed E-state index contributed by atoms with van der Waals surface area (Å²) in [6.07, 6.45) is 10.2. The molecule has 3 rings (SSSR count). The lowest BCUT2D eigenvalue weighted by Gasteiger charge is -2.51. The van der Waals surface area contributed by atoms with Crippen LogP contribution in [0.4, 0.5) is 0 Å². The molecule has 0 bridgehead atoms. The summed E-state index contributed by atoms with van der Waals surface area (Å²) in [5.41, 5.74) is 6.40. The fourth-order valence-electron chi connectivity index (χ4n) is 5.00. The van der Waals surface area contributed by atoms with E-state index >= 15 is 0 Å². The number of aliphatic hydroxyl groups is 1. The summed E-state index contributed by atoms with van der Waals surface area (Å²) < 4.78 is 1.28. The maximum absolute atomic E-state index is 10.3. The van der Waals surface area contributed by atoms with E-state index in [1.165, 1.54) is 56.1 Å². The van der Waals surface area contributed by atoms with Gasteiger partial charge < -0.3 is 15.3 Å². The van der Waals surface area contributed by atoms with Crippen LogP contribution in [0.3, 0.4) is 0 Å². The van der Waals surface area contributed by atoms with E-state index in [-0.39, 0.29) is 6.10 Å². The first kappa shape index (κ1) is 13.8. The van der Waals surface area contributed by atoms with E-state index in [1.807, 2.05) is 0 Å². The number of aliphatic hydroxyl groups excluding tert-OH is 1. The van der Waals surface area contributed by atoms with E-state index < -0.39 is 0 Å². The SMILES string of the molecule is CCC(O)C1CC(N)C[N+](C2CCCC2)(C2CC2)C1. The van der Waals surface area contributed by atoms with Crippen molar-refractivity contribution in [3.05, 3.63) is 0 Å². The Morgan fingerprint density at radius 1 is 1.11 bits per heavy atom. The summed E-state index contributed by atoms with van der Waals surface area (Å²) in [7, 11) is 0. The Morgan fingerprint density at radius 2 is 1.74 bits per heavy atom. The average Bonchev–Trinajstić information content (AvgIpc) is 3.12. The van der Waals surface area contributed by atoms with Crippen molar-refractivity contribution in [1.29, 1.82) is 0 Å². The second-order valence-electron chi connectivity index (χ2n) is 7.37. The molecule has 0 aromatic rings. The first-order chi connectivity index (χ1) is 9.15. The average molecular weight is 267 g/mol. The molecule has 0 aromatic heterocycles. The molecule has 19 heavy (non-hydrogen) atoms. The highest BCUT2D eigenvalue weighted by Gasteiger charge is 2.54. The minimum atomic E-state index is -0.135. The van der Waals surface area contributed by atoms with Gasteiger partial charge in [-0.15, -0.1) is 0 Å². The van der Waals surface area contributed by atoms with Crippen LogP contribution in [-0.4, -0.2) is 46.9 Å². The van der Waals surface area contributed by atoms with Crippen molar-refractivity contribution in [2.75, 3.05) is 13.1 Å². The highest BCUT2D eigenvalue weighted by Crippen LogP contribution is 2.45. The molecule has 0 spiro atoms. The molecule has 0 amide bonds. The van der Waals surface area contributed by atoms with Crippen LogP contribution in [0.2, 0.25) is 0 Å². The van der Waals surface area contributed by atoms with Crippen molar-refractivity contribution in [3.63, 3.8) is 0 Å². The molecule has 0 radical (unpaired) electrons. The van der Waals surface area contributed by atoms with E-state index in [4.69, 9.17) is 5.73 Å². The van der Waals surface area contributed by atoms with Crippen LogP contribution in [0, 0.1) is 5.92 Å². The Hall–Kier alpha value is -0.120. The second kappa shape index (κ2) is 5.34. The van der Waals surface area contributed by atoms with Crippen LogP contribution in [0.5, 0.6) is 0 Å². The number of piperidine rings is 1. The highest BCUT2D eigenvalue weighted by molar-refractivity contribution is 4.88. The smallest absolute Gasteiger partial charge is 0.0944 e. The van der Waals surface area contributed by atoms with Crippen molar-refractivity contribution in [2.24, 2.45) is 11.7 Å². The van der Waals surface area contributed by atoms with E-state index in [0.29, 0.717) is 12.0 Å². The molecule has 2 saturated carbocycles.